The van der Waals surface area contributed by atoms with E-state index in [-0.39, 0.29) is 6.04 Å². The van der Waals surface area contributed by atoms with Crippen LogP contribution >= 0.6 is 0 Å². The van der Waals surface area contributed by atoms with E-state index < -0.39 is 0 Å². The number of nitrogens with two attached hydrogens (primary N) is 1. The van der Waals surface area contributed by atoms with Crippen molar-refractivity contribution in [2.75, 3.05) is 0 Å². The molecule has 1 unspecified atom stereocenters. The van der Waals surface area contributed by atoms with Crippen LogP contribution in [0.3, 0.4) is 0 Å². The summed E-state index contributed by atoms with van der Waals surface area (Å²) < 4.78 is 0. The first-order chi connectivity index (χ1) is 6.66. The molecule has 0 radical (unpaired) electrons. The summed E-state index contributed by atoms with van der Waals surface area (Å²) in [6.07, 6.45) is 3.77. The normalized spacial score (nSPS) is 18.1. The highest BCUT2D eigenvalue weighted by atomic mass is 16.3. The van der Waals surface area contributed by atoms with Crippen molar-refractivity contribution in [2.24, 2.45) is 11.7 Å². The Hall–Kier alpha value is -1.02. The first-order valence-corrected chi connectivity index (χ1v) is 5.22. The molecule has 1 atom stereocenters. The first-order valence-electron chi connectivity index (χ1n) is 5.22. The van der Waals surface area contributed by atoms with Gasteiger partial charge in [-0.3, -0.25) is 0 Å². The molecule has 76 valence electrons. The predicted octanol–water partition coefficient (Wildman–Crippen LogP) is 2.50. The number of phenolic OH excluding ortho intramolecular Hbond substituents is 1. The summed E-state index contributed by atoms with van der Waals surface area (Å²) in [5.74, 6) is 1.17. The lowest BCUT2D eigenvalue weighted by Gasteiger charge is -2.14. The molecule has 0 aromatic heterocycles. The molecule has 1 aromatic rings. The lowest BCUT2D eigenvalue weighted by molar-refractivity contribution is 0.474. The largest absolute Gasteiger partial charge is 0.508 e. The highest BCUT2D eigenvalue weighted by Crippen LogP contribution is 2.37. The second-order valence-corrected chi connectivity index (χ2v) is 4.33. The molecule has 2 heteroatoms. The van der Waals surface area contributed by atoms with Crippen molar-refractivity contribution in [1.82, 2.24) is 0 Å². The van der Waals surface area contributed by atoms with Crippen molar-refractivity contribution in [1.29, 1.82) is 0 Å². The molecule has 0 bridgehead atoms. The van der Waals surface area contributed by atoms with Gasteiger partial charge in [-0.15, -0.1) is 0 Å². The van der Waals surface area contributed by atoms with Crippen LogP contribution in [0.1, 0.15) is 36.4 Å². The number of aryl methyl sites for hydroxylation is 1. The summed E-state index contributed by atoms with van der Waals surface area (Å²) in [5, 5.41) is 9.27. The molecule has 1 fully saturated rings. The van der Waals surface area contributed by atoms with Crippen molar-refractivity contribution in [3.05, 3.63) is 29.3 Å². The predicted molar refractivity (Wildman–Crippen MR) is 57.1 cm³/mol. The van der Waals surface area contributed by atoms with E-state index in [1.54, 1.807) is 12.1 Å². The minimum absolute atomic E-state index is 0.142. The van der Waals surface area contributed by atoms with E-state index in [1.807, 2.05) is 13.0 Å². The lowest BCUT2D eigenvalue weighted by atomic mass is 9.97. The molecule has 0 saturated heterocycles. The monoisotopic (exact) mass is 191 g/mol. The number of phenols is 1. The smallest absolute Gasteiger partial charge is 0.115 e. The molecule has 1 aliphatic rings. The summed E-state index contributed by atoms with van der Waals surface area (Å²) in [6.45, 7) is 2.00. The van der Waals surface area contributed by atoms with Gasteiger partial charge in [-0.05, 0) is 42.5 Å². The lowest BCUT2D eigenvalue weighted by Crippen LogP contribution is -2.12. The highest BCUT2D eigenvalue weighted by molar-refractivity contribution is 5.35. The zero-order valence-electron chi connectivity index (χ0n) is 8.53. The number of rotatable bonds is 3. The SMILES string of the molecule is Cc1cc(O)ccc1C(N)CC1CC1. The third kappa shape index (κ3) is 2.07. The molecule has 2 rings (SSSR count). The van der Waals surface area contributed by atoms with Crippen molar-refractivity contribution in [3.63, 3.8) is 0 Å². The van der Waals surface area contributed by atoms with Crippen molar-refractivity contribution in [3.8, 4) is 5.75 Å². The number of hydrogen-bond donors (Lipinski definition) is 2. The Labute approximate surface area is 84.7 Å². The van der Waals surface area contributed by atoms with Gasteiger partial charge in [-0.1, -0.05) is 18.9 Å². The summed E-state index contributed by atoms with van der Waals surface area (Å²) in [7, 11) is 0. The third-order valence-corrected chi connectivity index (χ3v) is 2.94. The van der Waals surface area contributed by atoms with E-state index in [4.69, 9.17) is 5.73 Å². The van der Waals surface area contributed by atoms with Gasteiger partial charge in [0.1, 0.15) is 5.75 Å². The number of hydrogen-bond acceptors (Lipinski definition) is 2. The minimum Gasteiger partial charge on any atom is -0.508 e. The van der Waals surface area contributed by atoms with Crippen LogP contribution in [-0.4, -0.2) is 5.11 Å². The molecule has 0 heterocycles. The maximum absolute atomic E-state index is 9.27. The van der Waals surface area contributed by atoms with Crippen LogP contribution in [0.2, 0.25) is 0 Å². The molecule has 0 spiro atoms. The maximum atomic E-state index is 9.27. The van der Waals surface area contributed by atoms with Crippen LogP contribution in [0, 0.1) is 12.8 Å². The molecule has 1 saturated carbocycles. The average Bonchev–Trinajstić information content (AvgIpc) is 2.87. The van der Waals surface area contributed by atoms with Gasteiger partial charge >= 0.3 is 0 Å². The van der Waals surface area contributed by atoms with E-state index in [0.717, 1.165) is 17.9 Å². The summed E-state index contributed by atoms with van der Waals surface area (Å²) in [4.78, 5) is 0. The second-order valence-electron chi connectivity index (χ2n) is 4.33. The fourth-order valence-electron chi connectivity index (χ4n) is 1.92. The van der Waals surface area contributed by atoms with Gasteiger partial charge in [0.05, 0.1) is 0 Å². The van der Waals surface area contributed by atoms with Gasteiger partial charge < -0.3 is 10.8 Å². The fourth-order valence-corrected chi connectivity index (χ4v) is 1.92. The zero-order chi connectivity index (χ0) is 10.1. The second kappa shape index (κ2) is 3.62. The fraction of sp³-hybridized carbons (Fsp3) is 0.500. The maximum Gasteiger partial charge on any atom is 0.115 e. The Morgan fingerprint density at radius 2 is 2.21 bits per heavy atom. The molecular formula is C12H17NO. The topological polar surface area (TPSA) is 46.2 Å². The Balaban J connectivity index is 2.13. The molecular weight excluding hydrogens is 174 g/mol. The van der Waals surface area contributed by atoms with Crippen molar-refractivity contribution < 1.29 is 5.11 Å². The molecule has 14 heavy (non-hydrogen) atoms. The van der Waals surface area contributed by atoms with Crippen LogP contribution in [0.4, 0.5) is 0 Å². The van der Waals surface area contributed by atoms with E-state index in [2.05, 4.69) is 0 Å². The van der Waals surface area contributed by atoms with Gasteiger partial charge in [0, 0.05) is 6.04 Å². The minimum atomic E-state index is 0.142. The van der Waals surface area contributed by atoms with Crippen LogP contribution in [-0.2, 0) is 0 Å². The number of aromatic hydroxyl groups is 1. The third-order valence-electron chi connectivity index (χ3n) is 2.94. The molecule has 1 aromatic carbocycles. The van der Waals surface area contributed by atoms with E-state index in [0.29, 0.717) is 5.75 Å². The Morgan fingerprint density at radius 1 is 1.50 bits per heavy atom. The highest BCUT2D eigenvalue weighted by Gasteiger charge is 2.24. The molecule has 1 aliphatic carbocycles. The van der Waals surface area contributed by atoms with E-state index >= 15 is 0 Å². The summed E-state index contributed by atoms with van der Waals surface area (Å²) in [6, 6.07) is 5.58. The van der Waals surface area contributed by atoms with Gasteiger partial charge in [-0.25, -0.2) is 0 Å². The Kier molecular flexibility index (Phi) is 2.46. The van der Waals surface area contributed by atoms with Crippen LogP contribution in [0.5, 0.6) is 5.75 Å². The average molecular weight is 191 g/mol. The standard InChI is InChI=1S/C12H17NO/c1-8-6-10(14)4-5-11(8)12(13)7-9-2-3-9/h4-6,9,12,14H,2-3,7,13H2,1H3. The summed E-state index contributed by atoms with van der Waals surface area (Å²) in [5.41, 5.74) is 8.38. The van der Waals surface area contributed by atoms with Crippen molar-refractivity contribution >= 4 is 0 Å². The molecule has 0 aliphatic heterocycles. The van der Waals surface area contributed by atoms with Crippen LogP contribution in [0.25, 0.3) is 0 Å². The Bertz CT molecular complexity index is 331. The molecule has 3 N–H and O–H groups in total. The van der Waals surface area contributed by atoms with Gasteiger partial charge in [-0.2, -0.15) is 0 Å². The van der Waals surface area contributed by atoms with Gasteiger partial charge in [0.25, 0.3) is 0 Å². The first kappa shape index (κ1) is 9.53. The Morgan fingerprint density at radius 3 is 2.79 bits per heavy atom. The van der Waals surface area contributed by atoms with Gasteiger partial charge in [0.15, 0.2) is 0 Å². The summed E-state index contributed by atoms with van der Waals surface area (Å²) >= 11 is 0. The van der Waals surface area contributed by atoms with Crippen LogP contribution in [0.15, 0.2) is 18.2 Å². The quantitative estimate of drug-likeness (QED) is 0.771. The molecule has 0 amide bonds. The van der Waals surface area contributed by atoms with Gasteiger partial charge in [0.2, 0.25) is 0 Å². The van der Waals surface area contributed by atoms with E-state index in [1.165, 1.54) is 18.4 Å². The number of benzene rings is 1. The van der Waals surface area contributed by atoms with Crippen molar-refractivity contribution in [2.45, 2.75) is 32.2 Å². The van der Waals surface area contributed by atoms with E-state index in [9.17, 15) is 5.11 Å². The zero-order valence-corrected chi connectivity index (χ0v) is 8.53. The van der Waals surface area contributed by atoms with Crippen LogP contribution < -0.4 is 5.73 Å². The molecule has 2 nitrogen and oxygen atoms in total.